The fourth-order valence-electron chi connectivity index (χ4n) is 2.58. The van der Waals surface area contributed by atoms with E-state index in [4.69, 9.17) is 22.8 Å². The Morgan fingerprint density at radius 3 is 1.85 bits per heavy atom. The number of hydrogen-bond donors (Lipinski definition) is 0. The van der Waals surface area contributed by atoms with Crippen LogP contribution in [0.15, 0.2) is 53.4 Å². The van der Waals surface area contributed by atoms with E-state index in [1.54, 1.807) is 36.4 Å². The Balaban J connectivity index is 2.15. The summed E-state index contributed by atoms with van der Waals surface area (Å²) in [5.41, 5.74) is 0.657. The third-order valence-electron chi connectivity index (χ3n) is 4.00. The van der Waals surface area contributed by atoms with Gasteiger partial charge in [-0.05, 0) is 29.8 Å². The lowest BCUT2D eigenvalue weighted by Gasteiger charge is -2.24. The summed E-state index contributed by atoms with van der Waals surface area (Å²) in [6, 6.07) is 13.3. The largest absolute Gasteiger partial charge is 0.536 e. The summed E-state index contributed by atoms with van der Waals surface area (Å²) in [5, 5.41) is 0.760. The number of benzene rings is 2. The van der Waals surface area contributed by atoms with Gasteiger partial charge in [-0.15, -0.1) is 0 Å². The third kappa shape index (κ3) is 5.16. The van der Waals surface area contributed by atoms with Gasteiger partial charge in [0.1, 0.15) is 5.75 Å². The molecule has 0 aliphatic rings. The second kappa shape index (κ2) is 9.45. The molecule has 0 N–H and O–H groups in total. The third-order valence-corrected chi connectivity index (χ3v) is 8.35. The molecule has 0 spiro atoms. The summed E-state index contributed by atoms with van der Waals surface area (Å²) in [6.07, 6.45) is 0. The highest BCUT2D eigenvalue weighted by molar-refractivity contribution is 7.90. The highest BCUT2D eigenvalue weighted by Gasteiger charge is 2.40. The van der Waals surface area contributed by atoms with Crippen LogP contribution in [0.2, 0.25) is 0 Å². The van der Waals surface area contributed by atoms with Gasteiger partial charge in [0.25, 0.3) is 0 Å². The maximum atomic E-state index is 12.6. The molecular formula is C18H24O7SSi. The lowest BCUT2D eigenvalue weighted by molar-refractivity contribution is 0.0511. The van der Waals surface area contributed by atoms with Crippen molar-refractivity contribution in [2.45, 2.75) is 10.6 Å². The van der Waals surface area contributed by atoms with E-state index in [9.17, 15) is 8.42 Å². The molecule has 0 saturated carbocycles. The molecular weight excluding hydrogens is 388 g/mol. The number of sulfone groups is 1. The molecule has 2 rings (SSSR count). The molecule has 7 nitrogen and oxygen atoms in total. The average Bonchev–Trinajstić information content (AvgIpc) is 2.69. The first-order valence-electron chi connectivity index (χ1n) is 8.10. The minimum Gasteiger partial charge on any atom is -0.468 e. The summed E-state index contributed by atoms with van der Waals surface area (Å²) < 4.78 is 51.7. The quantitative estimate of drug-likeness (QED) is 0.434. The van der Waals surface area contributed by atoms with E-state index in [0.717, 1.165) is 5.19 Å². The minimum absolute atomic E-state index is 0.105. The number of ether oxygens (including phenoxy) is 2. The van der Waals surface area contributed by atoms with Gasteiger partial charge in [-0.25, -0.2) is 8.42 Å². The Hall–Kier alpha value is -1.75. The van der Waals surface area contributed by atoms with Crippen molar-refractivity contribution in [1.82, 2.24) is 0 Å². The van der Waals surface area contributed by atoms with Crippen LogP contribution in [0.25, 0.3) is 0 Å². The Morgan fingerprint density at radius 1 is 0.815 bits per heavy atom. The van der Waals surface area contributed by atoms with Crippen molar-refractivity contribution in [1.29, 1.82) is 0 Å². The molecule has 2 aromatic carbocycles. The lowest BCUT2D eigenvalue weighted by Crippen LogP contribution is -2.54. The molecule has 0 atom stereocenters. The van der Waals surface area contributed by atoms with Crippen molar-refractivity contribution in [3.05, 3.63) is 54.1 Å². The van der Waals surface area contributed by atoms with Crippen LogP contribution in [0, 0.1) is 0 Å². The first-order chi connectivity index (χ1) is 12.9. The summed E-state index contributed by atoms with van der Waals surface area (Å²) in [7, 11) is -0.322. The van der Waals surface area contributed by atoms with Crippen LogP contribution in [-0.2, 0) is 33.6 Å². The van der Waals surface area contributed by atoms with Gasteiger partial charge < -0.3 is 22.8 Å². The summed E-state index contributed by atoms with van der Waals surface area (Å²) >= 11 is 0. The molecule has 148 valence electrons. The Kier molecular flexibility index (Phi) is 7.54. The first kappa shape index (κ1) is 21.5. The van der Waals surface area contributed by atoms with Gasteiger partial charge in [-0.1, -0.05) is 24.3 Å². The van der Waals surface area contributed by atoms with Crippen LogP contribution >= 0.6 is 0 Å². The lowest BCUT2D eigenvalue weighted by atomic mass is 10.2. The monoisotopic (exact) mass is 412 g/mol. The van der Waals surface area contributed by atoms with E-state index in [1.165, 1.54) is 40.6 Å². The second-order valence-electron chi connectivity index (χ2n) is 5.65. The molecule has 0 bridgehead atoms. The number of hydrogen-bond acceptors (Lipinski definition) is 7. The zero-order chi connectivity index (χ0) is 19.9. The van der Waals surface area contributed by atoms with E-state index in [1.807, 2.05) is 0 Å². The van der Waals surface area contributed by atoms with Gasteiger partial charge in [-0.2, -0.15) is 0 Å². The molecule has 27 heavy (non-hydrogen) atoms. The number of rotatable bonds is 10. The fraction of sp³-hybridized carbons (Fsp3) is 0.333. The summed E-state index contributed by atoms with van der Waals surface area (Å²) in [4.78, 5) is 0.228. The van der Waals surface area contributed by atoms with Gasteiger partial charge in [0.2, 0.25) is 0 Å². The van der Waals surface area contributed by atoms with E-state index in [-0.39, 0.29) is 17.4 Å². The minimum atomic E-state index is -3.48. The van der Waals surface area contributed by atoms with E-state index in [2.05, 4.69) is 0 Å². The van der Waals surface area contributed by atoms with Crippen molar-refractivity contribution >= 4 is 23.8 Å². The second-order valence-corrected chi connectivity index (χ2v) is 10.6. The molecule has 0 radical (unpaired) electrons. The summed E-state index contributed by atoms with van der Waals surface area (Å²) in [5.74, 6) is 0.424. The van der Waals surface area contributed by atoms with Crippen LogP contribution in [-0.4, -0.2) is 52.5 Å². The fourth-order valence-corrected chi connectivity index (χ4v) is 5.71. The van der Waals surface area contributed by atoms with Crippen molar-refractivity contribution in [2.75, 3.05) is 35.2 Å². The molecule has 2 aromatic rings. The van der Waals surface area contributed by atoms with Gasteiger partial charge in [0.05, 0.1) is 10.6 Å². The number of methoxy groups -OCH3 is 1. The molecule has 0 aliphatic heterocycles. The predicted octanol–water partition coefficient (Wildman–Crippen LogP) is 1.73. The molecule has 0 aromatic heterocycles. The first-order valence-corrected chi connectivity index (χ1v) is 11.5. The zero-order valence-electron chi connectivity index (χ0n) is 15.8. The molecule has 0 aliphatic carbocycles. The zero-order valence-corrected chi connectivity index (χ0v) is 17.6. The predicted molar refractivity (Wildman–Crippen MR) is 103 cm³/mol. The van der Waals surface area contributed by atoms with Crippen LogP contribution in [0.5, 0.6) is 5.75 Å². The molecule has 0 amide bonds. The van der Waals surface area contributed by atoms with Crippen LogP contribution in [0.3, 0.4) is 0 Å². The van der Waals surface area contributed by atoms with Crippen molar-refractivity contribution in [3.8, 4) is 5.75 Å². The average molecular weight is 413 g/mol. The Labute approximate surface area is 161 Å². The topological polar surface area (TPSA) is 80.3 Å². The van der Waals surface area contributed by atoms with Gasteiger partial charge in [0.15, 0.2) is 16.6 Å². The van der Waals surface area contributed by atoms with Crippen LogP contribution < -0.4 is 9.92 Å². The highest BCUT2D eigenvalue weighted by atomic mass is 32.2. The Bertz CT molecular complexity index is 808. The van der Waals surface area contributed by atoms with Crippen LogP contribution in [0.1, 0.15) is 5.56 Å². The summed E-state index contributed by atoms with van der Waals surface area (Å²) in [6.45, 7) is 0.105. The molecule has 0 saturated heterocycles. The maximum absolute atomic E-state index is 12.6. The van der Waals surface area contributed by atoms with E-state index < -0.39 is 18.6 Å². The standard InChI is InChI=1S/C18H24O7SSi/c1-21-14-25-16-7-9-17(10-8-16)26(19,20)13-15-5-11-18(12-6-15)27(22-2,23-3)24-4/h5-12H,13-14H2,1-4H3. The van der Waals surface area contributed by atoms with Gasteiger partial charge in [0, 0.05) is 33.6 Å². The maximum Gasteiger partial charge on any atom is 0.536 e. The molecule has 0 heterocycles. The molecule has 0 fully saturated rings. The van der Waals surface area contributed by atoms with Crippen molar-refractivity contribution < 1.29 is 31.2 Å². The van der Waals surface area contributed by atoms with Crippen molar-refractivity contribution in [3.63, 3.8) is 0 Å². The van der Waals surface area contributed by atoms with Crippen molar-refractivity contribution in [2.24, 2.45) is 0 Å². The highest BCUT2D eigenvalue weighted by Crippen LogP contribution is 2.20. The normalized spacial score (nSPS) is 12.1. The van der Waals surface area contributed by atoms with E-state index >= 15 is 0 Å². The smallest absolute Gasteiger partial charge is 0.468 e. The SMILES string of the molecule is COCOc1ccc(S(=O)(=O)Cc2ccc([Si](OC)(OC)OC)cc2)cc1. The Morgan fingerprint density at radius 2 is 1.37 bits per heavy atom. The van der Waals surface area contributed by atoms with Gasteiger partial charge in [-0.3, -0.25) is 0 Å². The van der Waals surface area contributed by atoms with Crippen LogP contribution in [0.4, 0.5) is 0 Å². The molecule has 0 unspecified atom stereocenters. The van der Waals surface area contributed by atoms with Gasteiger partial charge >= 0.3 is 8.80 Å². The van der Waals surface area contributed by atoms with E-state index in [0.29, 0.717) is 11.3 Å². The molecule has 9 heteroatoms.